The van der Waals surface area contributed by atoms with Gasteiger partial charge in [0.1, 0.15) is 6.29 Å². The van der Waals surface area contributed by atoms with E-state index in [0.29, 0.717) is 22.2 Å². The highest BCUT2D eigenvalue weighted by molar-refractivity contribution is 6.31. The van der Waals surface area contributed by atoms with Crippen molar-refractivity contribution in [2.45, 2.75) is 38.6 Å². The molecule has 19 heavy (non-hydrogen) atoms. The van der Waals surface area contributed by atoms with E-state index in [1.807, 2.05) is 4.90 Å². The molecule has 1 saturated heterocycles. The number of aldehydes is 1. The second-order valence-electron chi connectivity index (χ2n) is 4.95. The van der Waals surface area contributed by atoms with Gasteiger partial charge < -0.3 is 4.90 Å². The minimum absolute atomic E-state index is 0.0165. The van der Waals surface area contributed by atoms with Crippen LogP contribution < -0.4 is 0 Å². The lowest BCUT2D eigenvalue weighted by Crippen LogP contribution is -2.43. The zero-order chi connectivity index (χ0) is 13.8. The number of halogens is 1. The predicted octanol–water partition coefficient (Wildman–Crippen LogP) is 3.56. The smallest absolute Gasteiger partial charge is 0.254 e. The molecule has 0 radical (unpaired) electrons. The number of hydrogen-bond donors (Lipinski definition) is 0. The van der Waals surface area contributed by atoms with Gasteiger partial charge in [-0.15, -0.1) is 0 Å². The number of carbonyl (C=O) groups is 2. The maximum absolute atomic E-state index is 12.5. The first-order valence-corrected chi connectivity index (χ1v) is 7.10. The van der Waals surface area contributed by atoms with Crippen molar-refractivity contribution in [3.8, 4) is 0 Å². The first-order chi connectivity index (χ1) is 9.15. The van der Waals surface area contributed by atoms with Gasteiger partial charge in [0, 0.05) is 28.7 Å². The summed E-state index contributed by atoms with van der Waals surface area (Å²) in [7, 11) is 0. The third kappa shape index (κ3) is 3.16. The quantitative estimate of drug-likeness (QED) is 0.794. The third-order valence-electron chi connectivity index (χ3n) is 3.66. The monoisotopic (exact) mass is 279 g/mol. The Morgan fingerprint density at radius 3 is 2.89 bits per heavy atom. The number of nitrogens with zero attached hydrogens (tertiary/aromatic N) is 1. The molecule has 1 aliphatic heterocycles. The van der Waals surface area contributed by atoms with Crippen LogP contribution in [0.1, 0.15) is 53.3 Å². The zero-order valence-electron chi connectivity index (χ0n) is 11.1. The van der Waals surface area contributed by atoms with Crippen LogP contribution in [0.15, 0.2) is 18.2 Å². The Labute approximate surface area is 118 Å². The standard InChI is InChI=1S/C15H18ClNO2/c1-2-14-5-3-4-6-17(14)15(19)12-7-11(10-18)8-13(16)9-12/h7-10,14H,2-6H2,1H3. The van der Waals surface area contributed by atoms with Crippen LogP contribution in [-0.4, -0.2) is 29.7 Å². The summed E-state index contributed by atoms with van der Waals surface area (Å²) in [6.45, 7) is 2.89. The van der Waals surface area contributed by atoms with Crippen molar-refractivity contribution in [3.63, 3.8) is 0 Å². The average Bonchev–Trinajstić information content (AvgIpc) is 2.45. The fraction of sp³-hybridized carbons (Fsp3) is 0.467. The summed E-state index contributed by atoms with van der Waals surface area (Å²) < 4.78 is 0. The number of amides is 1. The van der Waals surface area contributed by atoms with E-state index >= 15 is 0 Å². The van der Waals surface area contributed by atoms with Crippen LogP contribution in [0.5, 0.6) is 0 Å². The Morgan fingerprint density at radius 2 is 2.21 bits per heavy atom. The molecule has 102 valence electrons. The predicted molar refractivity (Wildman–Crippen MR) is 75.8 cm³/mol. The summed E-state index contributed by atoms with van der Waals surface area (Å²) in [4.78, 5) is 25.3. The highest BCUT2D eigenvalue weighted by Gasteiger charge is 2.26. The van der Waals surface area contributed by atoms with Crippen LogP contribution in [0.25, 0.3) is 0 Å². The van der Waals surface area contributed by atoms with Crippen molar-refractivity contribution in [1.29, 1.82) is 0 Å². The van der Waals surface area contributed by atoms with Crippen LogP contribution in [0, 0.1) is 0 Å². The Kier molecular flexibility index (Phi) is 4.59. The Balaban J connectivity index is 2.27. The molecule has 0 spiro atoms. The molecule has 1 amide bonds. The van der Waals surface area contributed by atoms with Gasteiger partial charge in [-0.2, -0.15) is 0 Å². The summed E-state index contributed by atoms with van der Waals surface area (Å²) >= 11 is 5.95. The minimum atomic E-state index is -0.0165. The maximum Gasteiger partial charge on any atom is 0.254 e. The molecular formula is C15H18ClNO2. The van der Waals surface area contributed by atoms with E-state index in [-0.39, 0.29) is 5.91 Å². The Bertz CT molecular complexity index is 487. The molecule has 3 nitrogen and oxygen atoms in total. The lowest BCUT2D eigenvalue weighted by molar-refractivity contribution is 0.0608. The van der Waals surface area contributed by atoms with Crippen molar-refractivity contribution in [3.05, 3.63) is 34.3 Å². The molecule has 0 aliphatic carbocycles. The van der Waals surface area contributed by atoms with E-state index in [4.69, 9.17) is 11.6 Å². The highest BCUT2D eigenvalue weighted by Crippen LogP contribution is 2.23. The zero-order valence-corrected chi connectivity index (χ0v) is 11.8. The second kappa shape index (κ2) is 6.20. The summed E-state index contributed by atoms with van der Waals surface area (Å²) in [6.07, 6.45) is 4.97. The topological polar surface area (TPSA) is 37.4 Å². The van der Waals surface area contributed by atoms with E-state index in [0.717, 1.165) is 32.1 Å². The van der Waals surface area contributed by atoms with Gasteiger partial charge in [0.15, 0.2) is 0 Å². The Hall–Kier alpha value is -1.35. The van der Waals surface area contributed by atoms with E-state index in [2.05, 4.69) is 6.92 Å². The molecular weight excluding hydrogens is 262 g/mol. The molecule has 1 aromatic carbocycles. The van der Waals surface area contributed by atoms with Crippen molar-refractivity contribution >= 4 is 23.8 Å². The molecule has 1 aliphatic rings. The maximum atomic E-state index is 12.5. The normalized spacial score (nSPS) is 19.3. The van der Waals surface area contributed by atoms with Crippen molar-refractivity contribution < 1.29 is 9.59 Å². The number of rotatable bonds is 3. The first kappa shape index (κ1) is 14.1. The fourth-order valence-electron chi connectivity index (χ4n) is 2.66. The molecule has 0 bridgehead atoms. The van der Waals surface area contributed by atoms with Crippen molar-refractivity contribution in [2.24, 2.45) is 0 Å². The molecule has 1 aromatic rings. The first-order valence-electron chi connectivity index (χ1n) is 6.72. The molecule has 2 rings (SSSR count). The number of piperidine rings is 1. The molecule has 1 heterocycles. The van der Waals surface area contributed by atoms with Gasteiger partial charge in [0.05, 0.1) is 0 Å². The SMILES string of the molecule is CCC1CCCCN1C(=O)c1cc(Cl)cc(C=O)c1. The highest BCUT2D eigenvalue weighted by atomic mass is 35.5. The van der Waals surface area contributed by atoms with Gasteiger partial charge in [-0.25, -0.2) is 0 Å². The van der Waals surface area contributed by atoms with Gasteiger partial charge in [-0.05, 0) is 43.9 Å². The molecule has 1 unspecified atom stereocenters. The molecule has 1 atom stereocenters. The molecule has 0 aromatic heterocycles. The molecule has 4 heteroatoms. The Morgan fingerprint density at radius 1 is 1.42 bits per heavy atom. The summed E-state index contributed by atoms with van der Waals surface area (Å²) in [6, 6.07) is 5.12. The van der Waals surface area contributed by atoms with Crippen LogP contribution in [-0.2, 0) is 0 Å². The van der Waals surface area contributed by atoms with Gasteiger partial charge in [0.25, 0.3) is 5.91 Å². The number of benzene rings is 1. The summed E-state index contributed by atoms with van der Waals surface area (Å²) in [5.41, 5.74) is 0.954. The number of hydrogen-bond acceptors (Lipinski definition) is 2. The largest absolute Gasteiger partial charge is 0.336 e. The second-order valence-corrected chi connectivity index (χ2v) is 5.38. The van der Waals surface area contributed by atoms with Crippen molar-refractivity contribution in [2.75, 3.05) is 6.54 Å². The van der Waals surface area contributed by atoms with E-state index in [1.165, 1.54) is 6.42 Å². The summed E-state index contributed by atoms with van der Waals surface area (Å²) in [5.74, 6) is -0.0165. The van der Waals surface area contributed by atoms with E-state index in [9.17, 15) is 9.59 Å². The molecule has 0 saturated carbocycles. The van der Waals surface area contributed by atoms with Gasteiger partial charge >= 0.3 is 0 Å². The van der Waals surface area contributed by atoms with Gasteiger partial charge in [-0.1, -0.05) is 18.5 Å². The van der Waals surface area contributed by atoms with Crippen LogP contribution in [0.4, 0.5) is 0 Å². The lowest BCUT2D eigenvalue weighted by atomic mass is 9.98. The van der Waals surface area contributed by atoms with E-state index < -0.39 is 0 Å². The summed E-state index contributed by atoms with van der Waals surface area (Å²) in [5, 5.41) is 0.429. The van der Waals surface area contributed by atoms with Gasteiger partial charge in [-0.3, -0.25) is 9.59 Å². The molecule has 1 fully saturated rings. The minimum Gasteiger partial charge on any atom is -0.336 e. The van der Waals surface area contributed by atoms with Crippen LogP contribution >= 0.6 is 11.6 Å². The fourth-order valence-corrected chi connectivity index (χ4v) is 2.91. The third-order valence-corrected chi connectivity index (χ3v) is 3.88. The van der Waals surface area contributed by atoms with Gasteiger partial charge in [0.2, 0.25) is 0 Å². The number of likely N-dealkylation sites (tertiary alicyclic amines) is 1. The molecule has 0 N–H and O–H groups in total. The van der Waals surface area contributed by atoms with Crippen LogP contribution in [0.2, 0.25) is 5.02 Å². The lowest BCUT2D eigenvalue weighted by Gasteiger charge is -2.35. The van der Waals surface area contributed by atoms with Crippen LogP contribution in [0.3, 0.4) is 0 Å². The average molecular weight is 280 g/mol. The van der Waals surface area contributed by atoms with Crippen molar-refractivity contribution in [1.82, 2.24) is 4.90 Å². The van der Waals surface area contributed by atoms with E-state index in [1.54, 1.807) is 18.2 Å². The number of carbonyl (C=O) groups excluding carboxylic acids is 2.